The topological polar surface area (TPSA) is 37.0 Å². The average Bonchev–Trinajstić information content (AvgIpc) is 2.39. The lowest BCUT2D eigenvalue weighted by Crippen LogP contribution is -2.31. The fourth-order valence-corrected chi connectivity index (χ4v) is 2.09. The summed E-state index contributed by atoms with van der Waals surface area (Å²) in [6.07, 6.45) is 1.78. The molecule has 98 valence electrons. The number of nitrogens with one attached hydrogen (secondary N) is 2. The van der Waals surface area contributed by atoms with Crippen molar-refractivity contribution in [3.05, 3.63) is 59.9 Å². The van der Waals surface area contributed by atoms with Crippen molar-refractivity contribution in [2.45, 2.75) is 19.9 Å². The summed E-state index contributed by atoms with van der Waals surface area (Å²) in [5, 5.41) is 7.00. The number of aromatic nitrogens is 1. The van der Waals surface area contributed by atoms with Crippen LogP contribution in [0, 0.1) is 6.92 Å². The van der Waals surface area contributed by atoms with Gasteiger partial charge in [-0.25, -0.2) is 0 Å². The molecular formula is C15H17N3S. The molecule has 4 heteroatoms. The summed E-state index contributed by atoms with van der Waals surface area (Å²) in [6, 6.07) is 14.0. The Balaban J connectivity index is 1.95. The van der Waals surface area contributed by atoms with Crippen molar-refractivity contribution in [1.82, 2.24) is 10.3 Å². The van der Waals surface area contributed by atoms with Crippen molar-refractivity contribution in [3.63, 3.8) is 0 Å². The van der Waals surface area contributed by atoms with Crippen molar-refractivity contribution < 1.29 is 0 Å². The number of hydrogen-bond acceptors (Lipinski definition) is 2. The third kappa shape index (κ3) is 4.03. The molecule has 0 amide bonds. The molecule has 3 nitrogen and oxygen atoms in total. The molecule has 0 bridgehead atoms. The zero-order valence-electron chi connectivity index (χ0n) is 11.1. The summed E-state index contributed by atoms with van der Waals surface area (Å²) in [5.74, 6) is 0. The van der Waals surface area contributed by atoms with Crippen LogP contribution >= 0.6 is 12.2 Å². The molecule has 1 aromatic heterocycles. The largest absolute Gasteiger partial charge is 0.354 e. The summed E-state index contributed by atoms with van der Waals surface area (Å²) in [7, 11) is 0. The predicted molar refractivity (Wildman–Crippen MR) is 83.2 cm³/mol. The second-order valence-corrected chi connectivity index (χ2v) is 4.85. The van der Waals surface area contributed by atoms with Gasteiger partial charge in [0.1, 0.15) is 0 Å². The first-order valence-electron chi connectivity index (χ1n) is 6.20. The quantitative estimate of drug-likeness (QED) is 0.839. The second kappa shape index (κ2) is 6.29. The van der Waals surface area contributed by atoms with Gasteiger partial charge >= 0.3 is 0 Å². The number of pyridine rings is 1. The van der Waals surface area contributed by atoms with Crippen molar-refractivity contribution in [2.75, 3.05) is 5.32 Å². The third-order valence-corrected chi connectivity index (χ3v) is 2.97. The lowest BCUT2D eigenvalue weighted by Gasteiger charge is -2.16. The molecule has 2 rings (SSSR count). The van der Waals surface area contributed by atoms with E-state index in [1.54, 1.807) is 6.20 Å². The number of aryl methyl sites for hydroxylation is 1. The van der Waals surface area contributed by atoms with Crippen molar-refractivity contribution in [3.8, 4) is 0 Å². The highest BCUT2D eigenvalue weighted by Crippen LogP contribution is 2.11. The maximum Gasteiger partial charge on any atom is 0.171 e. The van der Waals surface area contributed by atoms with Crippen LogP contribution in [0.2, 0.25) is 0 Å². The fourth-order valence-electron chi connectivity index (χ4n) is 1.79. The molecule has 0 fully saturated rings. The predicted octanol–water partition coefficient (Wildman–Crippen LogP) is 3.44. The Morgan fingerprint density at radius 2 is 2.05 bits per heavy atom. The Morgan fingerprint density at radius 3 is 2.74 bits per heavy atom. The van der Waals surface area contributed by atoms with Crippen LogP contribution in [-0.4, -0.2) is 10.1 Å². The first-order valence-corrected chi connectivity index (χ1v) is 6.61. The van der Waals surface area contributed by atoms with Crippen LogP contribution in [0.3, 0.4) is 0 Å². The Labute approximate surface area is 119 Å². The van der Waals surface area contributed by atoms with E-state index in [9.17, 15) is 0 Å². The van der Waals surface area contributed by atoms with Gasteiger partial charge in [-0.3, -0.25) is 4.98 Å². The third-order valence-electron chi connectivity index (χ3n) is 2.75. The standard InChI is InChI=1S/C15H17N3S/c1-11-6-5-7-13(10-11)18-15(19)17-12(2)14-8-3-4-9-16-14/h3-10,12H,1-2H3,(H2,17,18,19)/t12-/m1/s1. The maximum atomic E-state index is 5.31. The van der Waals surface area contributed by atoms with Crippen LogP contribution in [-0.2, 0) is 0 Å². The number of rotatable bonds is 3. The summed E-state index contributed by atoms with van der Waals surface area (Å²) in [4.78, 5) is 4.30. The van der Waals surface area contributed by atoms with E-state index in [0.29, 0.717) is 5.11 Å². The SMILES string of the molecule is Cc1cccc(NC(=S)N[C@H](C)c2ccccn2)c1. The first-order chi connectivity index (χ1) is 9.15. The van der Waals surface area contributed by atoms with E-state index in [1.807, 2.05) is 37.3 Å². The van der Waals surface area contributed by atoms with Crippen LogP contribution in [0.15, 0.2) is 48.7 Å². The molecule has 0 saturated carbocycles. The average molecular weight is 271 g/mol. The Kier molecular flexibility index (Phi) is 4.47. The van der Waals surface area contributed by atoms with Gasteiger partial charge in [-0.1, -0.05) is 18.2 Å². The normalized spacial score (nSPS) is 11.7. The van der Waals surface area contributed by atoms with E-state index < -0.39 is 0 Å². The zero-order valence-corrected chi connectivity index (χ0v) is 11.9. The van der Waals surface area contributed by atoms with E-state index >= 15 is 0 Å². The minimum Gasteiger partial charge on any atom is -0.354 e. The van der Waals surface area contributed by atoms with Gasteiger partial charge < -0.3 is 10.6 Å². The summed E-state index contributed by atoms with van der Waals surface area (Å²) in [6.45, 7) is 4.09. The van der Waals surface area contributed by atoms with Crippen molar-refractivity contribution in [2.24, 2.45) is 0 Å². The van der Waals surface area contributed by atoms with Gasteiger partial charge in [0, 0.05) is 11.9 Å². The van der Waals surface area contributed by atoms with Gasteiger partial charge in [0.05, 0.1) is 11.7 Å². The highest BCUT2D eigenvalue weighted by Gasteiger charge is 2.07. The van der Waals surface area contributed by atoms with Gasteiger partial charge in [0.25, 0.3) is 0 Å². The molecule has 0 radical (unpaired) electrons. The van der Waals surface area contributed by atoms with Crippen molar-refractivity contribution in [1.29, 1.82) is 0 Å². The number of anilines is 1. The molecule has 2 aromatic rings. The van der Waals surface area contributed by atoms with Gasteiger partial charge in [0.2, 0.25) is 0 Å². The summed E-state index contributed by atoms with van der Waals surface area (Å²) >= 11 is 5.31. The number of benzene rings is 1. The zero-order chi connectivity index (χ0) is 13.7. The van der Waals surface area contributed by atoms with Crippen molar-refractivity contribution >= 4 is 23.0 Å². The molecule has 1 aromatic carbocycles. The first kappa shape index (κ1) is 13.5. The van der Waals surface area contributed by atoms with Crippen LogP contribution in [0.1, 0.15) is 24.2 Å². The minimum absolute atomic E-state index is 0.0750. The van der Waals surface area contributed by atoms with Crippen LogP contribution in [0.5, 0.6) is 0 Å². The van der Waals surface area contributed by atoms with E-state index in [0.717, 1.165) is 11.4 Å². The molecule has 0 spiro atoms. The Hall–Kier alpha value is -1.94. The minimum atomic E-state index is 0.0750. The molecule has 0 unspecified atom stereocenters. The lowest BCUT2D eigenvalue weighted by atomic mass is 10.2. The smallest absolute Gasteiger partial charge is 0.171 e. The summed E-state index contributed by atoms with van der Waals surface area (Å²) in [5.41, 5.74) is 3.16. The molecule has 19 heavy (non-hydrogen) atoms. The Morgan fingerprint density at radius 1 is 1.21 bits per heavy atom. The maximum absolute atomic E-state index is 5.31. The van der Waals surface area contributed by atoms with Crippen LogP contribution in [0.4, 0.5) is 5.69 Å². The van der Waals surface area contributed by atoms with Crippen LogP contribution < -0.4 is 10.6 Å². The monoisotopic (exact) mass is 271 g/mol. The highest BCUT2D eigenvalue weighted by molar-refractivity contribution is 7.80. The number of hydrogen-bond donors (Lipinski definition) is 2. The van der Waals surface area contributed by atoms with Gasteiger partial charge in [-0.2, -0.15) is 0 Å². The van der Waals surface area contributed by atoms with E-state index in [1.165, 1.54) is 5.56 Å². The molecule has 0 aliphatic rings. The Bertz CT molecular complexity index is 554. The molecule has 0 aliphatic carbocycles. The van der Waals surface area contributed by atoms with E-state index in [4.69, 9.17) is 12.2 Å². The lowest BCUT2D eigenvalue weighted by molar-refractivity contribution is 0.696. The number of nitrogens with zero attached hydrogens (tertiary/aromatic N) is 1. The number of thiocarbonyl (C=S) groups is 1. The fraction of sp³-hybridized carbons (Fsp3) is 0.200. The highest BCUT2D eigenvalue weighted by atomic mass is 32.1. The summed E-state index contributed by atoms with van der Waals surface area (Å²) < 4.78 is 0. The molecule has 1 atom stereocenters. The van der Waals surface area contributed by atoms with Gasteiger partial charge in [-0.05, 0) is 55.9 Å². The molecule has 2 N–H and O–H groups in total. The van der Waals surface area contributed by atoms with Gasteiger partial charge in [0.15, 0.2) is 5.11 Å². The van der Waals surface area contributed by atoms with E-state index in [-0.39, 0.29) is 6.04 Å². The van der Waals surface area contributed by atoms with E-state index in [2.05, 4.69) is 34.7 Å². The van der Waals surface area contributed by atoms with Gasteiger partial charge in [-0.15, -0.1) is 0 Å². The molecule has 0 saturated heterocycles. The molecule has 1 heterocycles. The molecule has 0 aliphatic heterocycles. The molecular weight excluding hydrogens is 254 g/mol. The van der Waals surface area contributed by atoms with Crippen LogP contribution in [0.25, 0.3) is 0 Å². The second-order valence-electron chi connectivity index (χ2n) is 4.44.